The Balaban J connectivity index is 1.95. The fourth-order valence-electron chi connectivity index (χ4n) is 2.57. The van der Waals surface area contributed by atoms with Gasteiger partial charge in [-0.2, -0.15) is 0 Å². The van der Waals surface area contributed by atoms with Crippen LogP contribution in [0.4, 0.5) is 0 Å². The zero-order valence-corrected chi connectivity index (χ0v) is 10.7. The molecule has 2 N–H and O–H groups in total. The molecule has 1 aromatic rings. The van der Waals surface area contributed by atoms with Gasteiger partial charge in [-0.25, -0.2) is 4.99 Å². The molecule has 0 aromatic heterocycles. The number of nitrogens with zero attached hydrogens (tertiary/aromatic N) is 1. The normalized spacial score (nSPS) is 29.0. The van der Waals surface area contributed by atoms with Gasteiger partial charge in [-0.3, -0.25) is 4.79 Å². The molecule has 2 unspecified atom stereocenters. The van der Waals surface area contributed by atoms with Crippen LogP contribution in [0.25, 0.3) is 0 Å². The number of carbonyl (C=O) groups excluding carboxylic acids is 1. The molecule has 94 valence electrons. The summed E-state index contributed by atoms with van der Waals surface area (Å²) in [7, 11) is 0. The van der Waals surface area contributed by atoms with Gasteiger partial charge in [0.15, 0.2) is 0 Å². The zero-order valence-electron chi connectivity index (χ0n) is 9.94. The van der Waals surface area contributed by atoms with Crippen LogP contribution >= 0.6 is 11.6 Å². The lowest BCUT2D eigenvalue weighted by Gasteiger charge is -2.23. The second kappa shape index (κ2) is 3.72. The summed E-state index contributed by atoms with van der Waals surface area (Å²) < 4.78 is 5.65. The number of hydrogen-bond acceptors (Lipinski definition) is 2. The SMILES string of the molecule is CC(N)=NC(=O)C12COc3ccc(Cl)cc3C1C2. The summed E-state index contributed by atoms with van der Waals surface area (Å²) in [6, 6.07) is 5.51. The first-order chi connectivity index (χ1) is 8.53. The number of halogens is 1. The molecule has 1 heterocycles. The van der Waals surface area contributed by atoms with E-state index in [2.05, 4.69) is 4.99 Å². The predicted octanol–water partition coefficient (Wildman–Crippen LogP) is 2.11. The van der Waals surface area contributed by atoms with E-state index in [1.54, 1.807) is 13.0 Å². The minimum absolute atomic E-state index is 0.163. The Morgan fingerprint density at radius 2 is 2.39 bits per heavy atom. The predicted molar refractivity (Wildman–Crippen MR) is 69.0 cm³/mol. The van der Waals surface area contributed by atoms with E-state index in [9.17, 15) is 4.79 Å². The highest BCUT2D eigenvalue weighted by atomic mass is 35.5. The van der Waals surface area contributed by atoms with E-state index in [0.717, 1.165) is 17.7 Å². The summed E-state index contributed by atoms with van der Waals surface area (Å²) in [5, 5.41) is 0.658. The summed E-state index contributed by atoms with van der Waals surface area (Å²) in [6.45, 7) is 1.99. The fraction of sp³-hybridized carbons (Fsp3) is 0.385. The van der Waals surface area contributed by atoms with Crippen LogP contribution in [-0.4, -0.2) is 18.3 Å². The maximum atomic E-state index is 12.1. The Hall–Kier alpha value is -1.55. The molecular weight excluding hydrogens is 252 g/mol. The first-order valence-electron chi connectivity index (χ1n) is 5.80. The van der Waals surface area contributed by atoms with Crippen molar-refractivity contribution in [3.63, 3.8) is 0 Å². The van der Waals surface area contributed by atoms with Gasteiger partial charge < -0.3 is 10.5 Å². The molecule has 1 saturated carbocycles. The molecular formula is C13H13ClN2O2. The van der Waals surface area contributed by atoms with Gasteiger partial charge in [-0.05, 0) is 37.1 Å². The maximum absolute atomic E-state index is 12.1. The third-order valence-electron chi connectivity index (χ3n) is 3.61. The number of aliphatic imine (C=N–C) groups is 1. The summed E-state index contributed by atoms with van der Waals surface area (Å²) in [6.07, 6.45) is 0.760. The molecule has 0 saturated heterocycles. The number of amidine groups is 1. The van der Waals surface area contributed by atoms with Gasteiger partial charge in [0.1, 0.15) is 12.4 Å². The van der Waals surface area contributed by atoms with Gasteiger partial charge in [-0.15, -0.1) is 0 Å². The van der Waals surface area contributed by atoms with Crippen molar-refractivity contribution < 1.29 is 9.53 Å². The van der Waals surface area contributed by atoms with E-state index >= 15 is 0 Å². The first kappa shape index (κ1) is 11.5. The van der Waals surface area contributed by atoms with Crippen LogP contribution in [0.15, 0.2) is 23.2 Å². The van der Waals surface area contributed by atoms with Crippen LogP contribution in [0.1, 0.15) is 24.8 Å². The molecule has 3 rings (SSSR count). The topological polar surface area (TPSA) is 64.7 Å². The number of benzene rings is 1. The molecule has 1 aromatic carbocycles. The molecule has 0 spiro atoms. The molecule has 0 radical (unpaired) electrons. The quantitative estimate of drug-likeness (QED) is 0.624. The molecule has 1 fully saturated rings. The number of rotatable bonds is 1. The van der Waals surface area contributed by atoms with Crippen LogP contribution < -0.4 is 10.5 Å². The van der Waals surface area contributed by atoms with E-state index in [4.69, 9.17) is 22.1 Å². The number of carbonyl (C=O) groups is 1. The van der Waals surface area contributed by atoms with Crippen LogP contribution in [0.2, 0.25) is 5.02 Å². The monoisotopic (exact) mass is 264 g/mol. The first-order valence-corrected chi connectivity index (χ1v) is 6.18. The van der Waals surface area contributed by atoms with Crippen LogP contribution in [0.5, 0.6) is 5.75 Å². The second-order valence-corrected chi connectivity index (χ2v) is 5.38. The molecule has 2 atom stereocenters. The fourth-order valence-corrected chi connectivity index (χ4v) is 2.75. The molecule has 18 heavy (non-hydrogen) atoms. The third-order valence-corrected chi connectivity index (χ3v) is 3.85. The van der Waals surface area contributed by atoms with Crippen molar-refractivity contribution >= 4 is 23.3 Å². The van der Waals surface area contributed by atoms with E-state index < -0.39 is 5.41 Å². The smallest absolute Gasteiger partial charge is 0.257 e. The van der Waals surface area contributed by atoms with Gasteiger partial charge in [0, 0.05) is 10.9 Å². The average Bonchev–Trinajstić information content (AvgIpc) is 3.04. The van der Waals surface area contributed by atoms with E-state index in [0.29, 0.717) is 11.6 Å². The van der Waals surface area contributed by atoms with Crippen molar-refractivity contribution in [3.8, 4) is 5.75 Å². The Morgan fingerprint density at radius 3 is 3.11 bits per heavy atom. The van der Waals surface area contributed by atoms with Gasteiger partial charge in [0.2, 0.25) is 0 Å². The van der Waals surface area contributed by atoms with E-state index in [1.165, 1.54) is 0 Å². The molecule has 1 aliphatic heterocycles. The lowest BCUT2D eigenvalue weighted by atomic mass is 9.96. The Morgan fingerprint density at radius 1 is 1.61 bits per heavy atom. The summed E-state index contributed by atoms with van der Waals surface area (Å²) in [5.41, 5.74) is 5.95. The number of ether oxygens (including phenoxy) is 1. The molecule has 2 aliphatic rings. The van der Waals surface area contributed by atoms with Gasteiger partial charge in [0.05, 0.1) is 11.3 Å². The van der Waals surface area contributed by atoms with Gasteiger partial charge >= 0.3 is 0 Å². The summed E-state index contributed by atoms with van der Waals surface area (Å²) in [5.74, 6) is 1.09. The summed E-state index contributed by atoms with van der Waals surface area (Å²) in [4.78, 5) is 15.9. The van der Waals surface area contributed by atoms with Gasteiger partial charge in [-0.1, -0.05) is 11.6 Å². The number of fused-ring (bicyclic) bond motifs is 3. The lowest BCUT2D eigenvalue weighted by Crippen LogP contribution is -2.28. The van der Waals surface area contributed by atoms with Crippen molar-refractivity contribution in [2.24, 2.45) is 16.1 Å². The Kier molecular flexibility index (Phi) is 2.38. The largest absolute Gasteiger partial charge is 0.492 e. The van der Waals surface area contributed by atoms with Crippen molar-refractivity contribution in [1.29, 1.82) is 0 Å². The minimum atomic E-state index is -0.516. The van der Waals surface area contributed by atoms with Crippen molar-refractivity contribution in [3.05, 3.63) is 28.8 Å². The zero-order chi connectivity index (χ0) is 12.9. The Bertz CT molecular complexity index is 566. The number of hydrogen-bond donors (Lipinski definition) is 1. The highest BCUT2D eigenvalue weighted by molar-refractivity contribution is 6.30. The third kappa shape index (κ3) is 1.60. The van der Waals surface area contributed by atoms with Crippen LogP contribution in [0.3, 0.4) is 0 Å². The molecule has 1 amide bonds. The minimum Gasteiger partial charge on any atom is -0.492 e. The highest BCUT2D eigenvalue weighted by Gasteiger charge is 2.64. The molecule has 5 heteroatoms. The van der Waals surface area contributed by atoms with E-state index in [1.807, 2.05) is 12.1 Å². The summed E-state index contributed by atoms with van der Waals surface area (Å²) >= 11 is 5.98. The molecule has 1 aliphatic carbocycles. The highest BCUT2D eigenvalue weighted by Crippen LogP contribution is 2.64. The van der Waals surface area contributed by atoms with Crippen molar-refractivity contribution in [1.82, 2.24) is 0 Å². The average molecular weight is 265 g/mol. The number of amides is 1. The Labute approximate surface area is 110 Å². The van der Waals surface area contributed by atoms with Crippen LogP contribution in [0, 0.1) is 5.41 Å². The van der Waals surface area contributed by atoms with E-state index in [-0.39, 0.29) is 17.7 Å². The van der Waals surface area contributed by atoms with Gasteiger partial charge in [0.25, 0.3) is 5.91 Å². The molecule has 4 nitrogen and oxygen atoms in total. The second-order valence-electron chi connectivity index (χ2n) is 4.94. The van der Waals surface area contributed by atoms with Crippen LogP contribution in [-0.2, 0) is 4.79 Å². The maximum Gasteiger partial charge on any atom is 0.257 e. The van der Waals surface area contributed by atoms with Crippen molar-refractivity contribution in [2.75, 3.05) is 6.61 Å². The van der Waals surface area contributed by atoms with Crippen molar-refractivity contribution in [2.45, 2.75) is 19.3 Å². The number of nitrogens with two attached hydrogens (primary N) is 1. The standard InChI is InChI=1S/C13H13ClN2O2/c1-7(15)16-12(17)13-5-10(13)9-4-8(14)2-3-11(9)18-6-13/h2-4,10H,5-6H2,1H3,(H2,15,16,17). The lowest BCUT2D eigenvalue weighted by molar-refractivity contribution is -0.124. The molecule has 0 bridgehead atoms.